The molecule has 1 fully saturated rings. The first-order valence-electron chi connectivity index (χ1n) is 8.82. The third-order valence-electron chi connectivity index (χ3n) is 4.79. The maximum atomic E-state index is 12.9. The maximum absolute atomic E-state index is 12.9. The number of hydrogen-bond donors (Lipinski definition) is 1. The topological polar surface area (TPSA) is 72.3 Å². The van der Waals surface area contributed by atoms with Crippen LogP contribution < -0.4 is 10.2 Å². The number of nitrogens with zero attached hydrogens (tertiary/aromatic N) is 4. The molecule has 0 spiro atoms. The summed E-state index contributed by atoms with van der Waals surface area (Å²) < 4.78 is 7.55. The van der Waals surface area contributed by atoms with Gasteiger partial charge in [0.05, 0.1) is 24.5 Å². The Bertz CT molecular complexity index is 767. The minimum atomic E-state index is -0.0557. The summed E-state index contributed by atoms with van der Waals surface area (Å²) in [6, 6.07) is 3.78. The number of aromatic nitrogens is 3. The van der Waals surface area contributed by atoms with Crippen LogP contribution in [-0.2, 0) is 17.7 Å². The Balaban J connectivity index is 1.48. The van der Waals surface area contributed by atoms with Gasteiger partial charge in [0.1, 0.15) is 11.6 Å². The van der Waals surface area contributed by atoms with Gasteiger partial charge in [-0.1, -0.05) is 0 Å². The number of aryl methyl sites for hydroxylation is 2. The van der Waals surface area contributed by atoms with Crippen molar-refractivity contribution in [3.05, 3.63) is 41.6 Å². The molecule has 2 aromatic heterocycles. The van der Waals surface area contributed by atoms with Gasteiger partial charge in [-0.25, -0.2) is 9.97 Å². The molecule has 0 saturated carbocycles. The average Bonchev–Trinajstić information content (AvgIpc) is 3.02. The Hall–Kier alpha value is -2.41. The van der Waals surface area contributed by atoms with Gasteiger partial charge in [0, 0.05) is 44.5 Å². The predicted molar refractivity (Wildman–Crippen MR) is 93.8 cm³/mol. The van der Waals surface area contributed by atoms with Gasteiger partial charge in [-0.2, -0.15) is 0 Å². The molecule has 0 aromatic carbocycles. The molecule has 2 aromatic rings. The standard InChI is InChI=1S/C18H23N5O2/c1-13-11-23-12-14(4-5-16(23)20-13)21-18(24)15-3-2-6-19-17(15)22-7-9-25-10-8-22/h2-3,6,11,14H,4-5,7-10,12H2,1H3,(H,21,24)/t14-/m0/s1. The van der Waals surface area contributed by atoms with Crippen molar-refractivity contribution in [2.24, 2.45) is 0 Å². The van der Waals surface area contributed by atoms with E-state index in [1.165, 1.54) is 0 Å². The Kier molecular flexibility index (Phi) is 4.40. The summed E-state index contributed by atoms with van der Waals surface area (Å²) in [6.07, 6.45) is 5.59. The number of pyridine rings is 1. The first-order chi connectivity index (χ1) is 12.2. The molecule has 0 aliphatic carbocycles. The van der Waals surface area contributed by atoms with Crippen molar-refractivity contribution >= 4 is 11.7 Å². The molecule has 25 heavy (non-hydrogen) atoms. The van der Waals surface area contributed by atoms with Gasteiger partial charge in [-0.05, 0) is 25.5 Å². The largest absolute Gasteiger partial charge is 0.378 e. The highest BCUT2D eigenvalue weighted by Gasteiger charge is 2.24. The first-order valence-corrected chi connectivity index (χ1v) is 8.82. The van der Waals surface area contributed by atoms with Crippen LogP contribution in [0.3, 0.4) is 0 Å². The summed E-state index contributed by atoms with van der Waals surface area (Å²) in [5.74, 6) is 1.80. The van der Waals surface area contributed by atoms with Crippen molar-refractivity contribution in [1.82, 2.24) is 19.9 Å². The fourth-order valence-corrected chi connectivity index (χ4v) is 3.57. The number of morpholine rings is 1. The van der Waals surface area contributed by atoms with Crippen molar-refractivity contribution in [2.45, 2.75) is 32.4 Å². The Morgan fingerprint density at radius 1 is 1.36 bits per heavy atom. The second-order valence-electron chi connectivity index (χ2n) is 6.63. The SMILES string of the molecule is Cc1cn2c(n1)CC[C@H](NC(=O)c1cccnc1N1CCOCC1)C2. The number of hydrogen-bond acceptors (Lipinski definition) is 5. The zero-order chi connectivity index (χ0) is 17.2. The molecule has 4 heterocycles. The molecule has 0 unspecified atom stereocenters. The van der Waals surface area contributed by atoms with Crippen molar-refractivity contribution < 1.29 is 9.53 Å². The Labute approximate surface area is 147 Å². The van der Waals surface area contributed by atoms with Crippen molar-refractivity contribution in [3.8, 4) is 0 Å². The third kappa shape index (κ3) is 3.37. The van der Waals surface area contributed by atoms with E-state index in [9.17, 15) is 4.79 Å². The molecule has 2 aliphatic heterocycles. The highest BCUT2D eigenvalue weighted by Crippen LogP contribution is 2.20. The van der Waals surface area contributed by atoms with Crippen LogP contribution >= 0.6 is 0 Å². The van der Waals surface area contributed by atoms with Crippen molar-refractivity contribution in [3.63, 3.8) is 0 Å². The maximum Gasteiger partial charge on any atom is 0.255 e. The van der Waals surface area contributed by atoms with Gasteiger partial charge in [-0.3, -0.25) is 4.79 Å². The monoisotopic (exact) mass is 341 g/mol. The fourth-order valence-electron chi connectivity index (χ4n) is 3.57. The second kappa shape index (κ2) is 6.84. The van der Waals surface area contributed by atoms with Crippen LogP contribution in [0.1, 0.15) is 28.3 Å². The molecule has 1 amide bonds. The van der Waals surface area contributed by atoms with E-state index in [2.05, 4.69) is 30.9 Å². The molecule has 0 bridgehead atoms. The van der Waals surface area contributed by atoms with Crippen LogP contribution in [0.4, 0.5) is 5.82 Å². The molecular formula is C18H23N5O2. The summed E-state index contributed by atoms with van der Waals surface area (Å²) in [5.41, 5.74) is 1.67. The van der Waals surface area contributed by atoms with E-state index in [4.69, 9.17) is 4.74 Å². The lowest BCUT2D eigenvalue weighted by molar-refractivity contribution is 0.0925. The highest BCUT2D eigenvalue weighted by molar-refractivity contribution is 5.99. The van der Waals surface area contributed by atoms with Gasteiger partial charge in [0.15, 0.2) is 0 Å². The van der Waals surface area contributed by atoms with E-state index in [1.807, 2.05) is 19.1 Å². The van der Waals surface area contributed by atoms with E-state index >= 15 is 0 Å². The summed E-state index contributed by atoms with van der Waals surface area (Å²) in [6.45, 7) is 5.64. The molecule has 0 radical (unpaired) electrons. The summed E-state index contributed by atoms with van der Waals surface area (Å²) >= 11 is 0. The molecule has 132 valence electrons. The number of ether oxygens (including phenoxy) is 1. The molecule has 4 rings (SSSR count). The second-order valence-corrected chi connectivity index (χ2v) is 6.63. The number of imidazole rings is 1. The summed E-state index contributed by atoms with van der Waals surface area (Å²) in [4.78, 5) is 24.0. The molecule has 2 aliphatic rings. The number of nitrogens with one attached hydrogen (secondary N) is 1. The average molecular weight is 341 g/mol. The van der Waals surface area contributed by atoms with Crippen LogP contribution in [0.25, 0.3) is 0 Å². The molecule has 1 saturated heterocycles. The number of rotatable bonds is 3. The molecule has 7 heteroatoms. The van der Waals surface area contributed by atoms with Crippen LogP contribution in [0.2, 0.25) is 0 Å². The Morgan fingerprint density at radius 3 is 3.04 bits per heavy atom. The quantitative estimate of drug-likeness (QED) is 0.907. The van der Waals surface area contributed by atoms with Gasteiger partial charge < -0.3 is 19.5 Å². The number of carbonyl (C=O) groups is 1. The first kappa shape index (κ1) is 16.1. The molecule has 1 N–H and O–H groups in total. The minimum Gasteiger partial charge on any atom is -0.378 e. The van der Waals surface area contributed by atoms with E-state index in [0.717, 1.165) is 49.8 Å². The third-order valence-corrected chi connectivity index (χ3v) is 4.79. The predicted octanol–water partition coefficient (Wildman–Crippen LogP) is 1.17. The van der Waals surface area contributed by atoms with Crippen LogP contribution in [0, 0.1) is 6.92 Å². The smallest absolute Gasteiger partial charge is 0.255 e. The molecule has 1 atom stereocenters. The van der Waals surface area contributed by atoms with Crippen LogP contribution in [0.5, 0.6) is 0 Å². The molecule has 7 nitrogen and oxygen atoms in total. The van der Waals surface area contributed by atoms with E-state index in [-0.39, 0.29) is 11.9 Å². The summed E-state index contributed by atoms with van der Waals surface area (Å²) in [5, 5.41) is 3.18. The number of amides is 1. The lowest BCUT2D eigenvalue weighted by Gasteiger charge is -2.30. The van der Waals surface area contributed by atoms with E-state index < -0.39 is 0 Å². The van der Waals surface area contributed by atoms with Crippen LogP contribution in [-0.4, -0.2) is 52.8 Å². The lowest BCUT2D eigenvalue weighted by atomic mass is 10.1. The van der Waals surface area contributed by atoms with Crippen molar-refractivity contribution in [1.29, 1.82) is 0 Å². The molecular weight excluding hydrogens is 318 g/mol. The zero-order valence-electron chi connectivity index (χ0n) is 14.4. The van der Waals surface area contributed by atoms with Gasteiger partial charge in [0.2, 0.25) is 0 Å². The fraction of sp³-hybridized carbons (Fsp3) is 0.500. The minimum absolute atomic E-state index is 0.0557. The number of fused-ring (bicyclic) bond motifs is 1. The van der Waals surface area contributed by atoms with E-state index in [1.54, 1.807) is 6.20 Å². The lowest BCUT2D eigenvalue weighted by Crippen LogP contribution is -2.42. The van der Waals surface area contributed by atoms with Crippen LogP contribution in [0.15, 0.2) is 24.5 Å². The zero-order valence-corrected chi connectivity index (χ0v) is 14.4. The van der Waals surface area contributed by atoms with Crippen molar-refractivity contribution in [2.75, 3.05) is 31.2 Å². The van der Waals surface area contributed by atoms with Gasteiger partial charge in [0.25, 0.3) is 5.91 Å². The Morgan fingerprint density at radius 2 is 2.20 bits per heavy atom. The highest BCUT2D eigenvalue weighted by atomic mass is 16.5. The number of carbonyl (C=O) groups excluding carboxylic acids is 1. The summed E-state index contributed by atoms with van der Waals surface area (Å²) in [7, 11) is 0. The van der Waals surface area contributed by atoms with Gasteiger partial charge >= 0.3 is 0 Å². The number of anilines is 1. The van der Waals surface area contributed by atoms with Gasteiger partial charge in [-0.15, -0.1) is 0 Å². The van der Waals surface area contributed by atoms with E-state index in [0.29, 0.717) is 18.8 Å². The normalized spacial score (nSPS) is 20.2.